The number of carbonyl (C=O) groups excluding carboxylic acids is 1. The van der Waals surface area contributed by atoms with Crippen LogP contribution in [0.25, 0.3) is 0 Å². The number of Topliss-reactive ketones (excluding diaryl/α,β-unsaturated/α-hetero) is 1. The Morgan fingerprint density at radius 1 is 1.37 bits per heavy atom. The van der Waals surface area contributed by atoms with Crippen molar-refractivity contribution in [1.82, 2.24) is 0 Å². The lowest BCUT2D eigenvalue weighted by atomic mass is 10.1. The lowest BCUT2D eigenvalue weighted by molar-refractivity contribution is -0.115. The molecule has 0 aromatic carbocycles. The number of hydrogen-bond acceptors (Lipinski definition) is 4. The highest BCUT2D eigenvalue weighted by molar-refractivity contribution is 7.10. The molecule has 0 amide bonds. The number of rotatable bonds is 7. The minimum Gasteiger partial charge on any atom is -0.292 e. The van der Waals surface area contributed by atoms with Crippen molar-refractivity contribution in [2.45, 2.75) is 47.0 Å². The maximum absolute atomic E-state index is 11.7. The average molecular weight is 278 g/mol. The second kappa shape index (κ2) is 8.00. The number of thiophene rings is 1. The van der Waals surface area contributed by atoms with Crippen LogP contribution in [0.1, 0.15) is 45.4 Å². The number of ketones is 1. The van der Waals surface area contributed by atoms with Gasteiger partial charge in [-0.3, -0.25) is 4.79 Å². The molecule has 4 heteroatoms. The average Bonchev–Trinajstić information content (AvgIpc) is 2.87. The van der Waals surface area contributed by atoms with Crippen LogP contribution in [0.4, 0.5) is 0 Å². The Morgan fingerprint density at radius 3 is 2.63 bits per heavy atom. The third kappa shape index (κ3) is 5.47. The van der Waals surface area contributed by atoms with Crippen molar-refractivity contribution in [3.05, 3.63) is 22.4 Å². The predicted molar refractivity (Wildman–Crippen MR) is 83.3 cm³/mol. The molecule has 0 atom stereocenters. The molecule has 1 aromatic heterocycles. The number of hydrogen-bond donors (Lipinski definition) is 0. The molecule has 19 heavy (non-hydrogen) atoms. The van der Waals surface area contributed by atoms with Crippen molar-refractivity contribution in [3.8, 4) is 0 Å². The number of carbonyl (C=O) groups is 1. The van der Waals surface area contributed by atoms with Gasteiger partial charge in [0, 0.05) is 22.9 Å². The normalized spacial score (nSPS) is 13.1. The van der Waals surface area contributed by atoms with E-state index in [1.165, 1.54) is 4.88 Å². The standard InChI is InChI=1S/C15H22N2OS/c1-5-7-13(10-14-8-6-9-19-14)17-16-12(4)15(18)11(2)3/h6,8-9,11H,5,7,10H2,1-4H3/b16-12+,17-13+. The van der Waals surface area contributed by atoms with Crippen LogP contribution in [0, 0.1) is 5.92 Å². The highest BCUT2D eigenvalue weighted by Crippen LogP contribution is 2.12. The van der Waals surface area contributed by atoms with Crippen molar-refractivity contribution in [3.63, 3.8) is 0 Å². The SMILES string of the molecule is CCC/C(Cc1cccs1)=N\N=C(/C)C(=O)C(C)C. The molecule has 0 aliphatic rings. The van der Waals surface area contributed by atoms with Gasteiger partial charge in [-0.25, -0.2) is 0 Å². The van der Waals surface area contributed by atoms with Crippen LogP contribution in [-0.2, 0) is 11.2 Å². The van der Waals surface area contributed by atoms with Crippen molar-refractivity contribution >= 4 is 28.5 Å². The van der Waals surface area contributed by atoms with Crippen molar-refractivity contribution < 1.29 is 4.79 Å². The molecule has 0 bridgehead atoms. The predicted octanol–water partition coefficient (Wildman–Crippen LogP) is 4.13. The van der Waals surface area contributed by atoms with E-state index in [2.05, 4.69) is 28.6 Å². The fourth-order valence-electron chi connectivity index (χ4n) is 1.69. The quantitative estimate of drug-likeness (QED) is 0.546. The first-order chi connectivity index (χ1) is 9.04. The van der Waals surface area contributed by atoms with Crippen LogP contribution >= 0.6 is 11.3 Å². The minimum atomic E-state index is -0.0223. The van der Waals surface area contributed by atoms with Gasteiger partial charge in [0.05, 0.1) is 0 Å². The van der Waals surface area contributed by atoms with Crippen molar-refractivity contribution in [2.24, 2.45) is 16.1 Å². The lowest BCUT2D eigenvalue weighted by Crippen LogP contribution is -2.16. The van der Waals surface area contributed by atoms with Gasteiger partial charge in [-0.1, -0.05) is 33.3 Å². The molecule has 0 spiro atoms. The molecule has 0 saturated heterocycles. The Hall–Kier alpha value is -1.29. The monoisotopic (exact) mass is 278 g/mol. The fraction of sp³-hybridized carbons (Fsp3) is 0.533. The molecule has 0 aliphatic carbocycles. The summed E-state index contributed by atoms with van der Waals surface area (Å²) in [5, 5.41) is 10.5. The van der Waals surface area contributed by atoms with E-state index in [1.54, 1.807) is 18.3 Å². The summed E-state index contributed by atoms with van der Waals surface area (Å²) in [6.45, 7) is 7.62. The van der Waals surface area contributed by atoms with Crippen LogP contribution in [-0.4, -0.2) is 17.2 Å². The maximum atomic E-state index is 11.7. The zero-order valence-electron chi connectivity index (χ0n) is 12.1. The Balaban J connectivity index is 2.78. The summed E-state index contributed by atoms with van der Waals surface area (Å²) >= 11 is 1.73. The lowest BCUT2D eigenvalue weighted by Gasteiger charge is -2.03. The first-order valence-corrected chi connectivity index (χ1v) is 7.59. The molecule has 0 aliphatic heterocycles. The van der Waals surface area contributed by atoms with Crippen molar-refractivity contribution in [2.75, 3.05) is 0 Å². The molecular formula is C15H22N2OS. The summed E-state index contributed by atoms with van der Waals surface area (Å²) in [6, 6.07) is 4.14. The van der Waals surface area contributed by atoms with Gasteiger partial charge in [-0.05, 0) is 24.8 Å². The van der Waals surface area contributed by atoms with Crippen LogP contribution in [0.2, 0.25) is 0 Å². The Kier molecular flexibility index (Phi) is 6.64. The molecule has 3 nitrogen and oxygen atoms in total. The molecular weight excluding hydrogens is 256 g/mol. The van der Waals surface area contributed by atoms with Crippen molar-refractivity contribution in [1.29, 1.82) is 0 Å². The summed E-state index contributed by atoms with van der Waals surface area (Å²) < 4.78 is 0. The molecule has 0 radical (unpaired) electrons. The second-order valence-corrected chi connectivity index (χ2v) is 5.91. The Morgan fingerprint density at radius 2 is 2.11 bits per heavy atom. The largest absolute Gasteiger partial charge is 0.292 e. The summed E-state index contributed by atoms with van der Waals surface area (Å²) in [7, 11) is 0. The van der Waals surface area contributed by atoms with Gasteiger partial charge >= 0.3 is 0 Å². The molecule has 0 fully saturated rings. The summed E-state index contributed by atoms with van der Waals surface area (Å²) in [5.41, 5.74) is 1.54. The van der Waals surface area contributed by atoms with Crippen LogP contribution in [0.3, 0.4) is 0 Å². The molecule has 1 rings (SSSR count). The third-order valence-corrected chi connectivity index (χ3v) is 3.60. The van der Waals surface area contributed by atoms with Gasteiger partial charge in [0.15, 0.2) is 5.78 Å². The van der Waals surface area contributed by atoms with Crippen LogP contribution < -0.4 is 0 Å². The molecule has 104 valence electrons. The summed E-state index contributed by atoms with van der Waals surface area (Å²) in [6.07, 6.45) is 2.79. The van der Waals surface area contributed by atoms with Crippen LogP contribution in [0.5, 0.6) is 0 Å². The fourth-order valence-corrected chi connectivity index (χ4v) is 2.43. The van der Waals surface area contributed by atoms with E-state index < -0.39 is 0 Å². The van der Waals surface area contributed by atoms with E-state index in [1.807, 2.05) is 19.9 Å². The van der Waals surface area contributed by atoms with E-state index in [0.717, 1.165) is 25.0 Å². The molecule has 1 aromatic rings. The first-order valence-electron chi connectivity index (χ1n) is 6.71. The van der Waals surface area contributed by atoms with E-state index in [9.17, 15) is 4.79 Å². The highest BCUT2D eigenvalue weighted by atomic mass is 32.1. The van der Waals surface area contributed by atoms with E-state index in [0.29, 0.717) is 5.71 Å². The summed E-state index contributed by atoms with van der Waals surface area (Å²) in [5.74, 6) is 0.0431. The van der Waals surface area contributed by atoms with Gasteiger partial charge in [0.2, 0.25) is 0 Å². The van der Waals surface area contributed by atoms with E-state index in [-0.39, 0.29) is 11.7 Å². The first kappa shape index (κ1) is 15.8. The smallest absolute Gasteiger partial charge is 0.181 e. The molecule has 1 heterocycles. The molecule has 0 unspecified atom stereocenters. The van der Waals surface area contributed by atoms with Gasteiger partial charge in [0.1, 0.15) is 5.71 Å². The van der Waals surface area contributed by atoms with Gasteiger partial charge < -0.3 is 0 Å². The third-order valence-electron chi connectivity index (χ3n) is 2.72. The van der Waals surface area contributed by atoms with E-state index >= 15 is 0 Å². The molecule has 0 saturated carbocycles. The summed E-state index contributed by atoms with van der Waals surface area (Å²) in [4.78, 5) is 13.0. The van der Waals surface area contributed by atoms with Gasteiger partial charge in [-0.2, -0.15) is 10.2 Å². The molecule has 0 N–H and O–H groups in total. The Labute approximate surface area is 119 Å². The van der Waals surface area contributed by atoms with Gasteiger partial charge in [0.25, 0.3) is 0 Å². The zero-order valence-corrected chi connectivity index (χ0v) is 13.0. The topological polar surface area (TPSA) is 41.8 Å². The van der Waals surface area contributed by atoms with Gasteiger partial charge in [-0.15, -0.1) is 11.3 Å². The van der Waals surface area contributed by atoms with Crippen LogP contribution in [0.15, 0.2) is 27.7 Å². The minimum absolute atomic E-state index is 0.0223. The maximum Gasteiger partial charge on any atom is 0.181 e. The zero-order chi connectivity index (χ0) is 14.3. The number of nitrogens with zero attached hydrogens (tertiary/aromatic N) is 2. The second-order valence-electron chi connectivity index (χ2n) is 4.88. The Bertz CT molecular complexity index is 458. The highest BCUT2D eigenvalue weighted by Gasteiger charge is 2.10. The van der Waals surface area contributed by atoms with E-state index in [4.69, 9.17) is 0 Å².